The normalized spacial score (nSPS) is 24.3. The predicted octanol–water partition coefficient (Wildman–Crippen LogP) is 5.15. The van der Waals surface area contributed by atoms with Crippen LogP contribution in [-0.4, -0.2) is 41.4 Å². The van der Waals surface area contributed by atoms with E-state index in [1.807, 2.05) is 24.3 Å². The zero-order chi connectivity index (χ0) is 20.6. The number of methoxy groups -OCH3 is 2. The monoisotopic (exact) mass is 464 g/mol. The van der Waals surface area contributed by atoms with Crippen LogP contribution in [0.25, 0.3) is 0 Å². The first-order valence-corrected chi connectivity index (χ1v) is 12.4. The Hall–Kier alpha value is -1.52. The van der Waals surface area contributed by atoms with Crippen LogP contribution in [0.4, 0.5) is 0 Å². The van der Waals surface area contributed by atoms with Crippen molar-refractivity contribution in [3.8, 4) is 11.5 Å². The molecule has 0 N–H and O–H groups in total. The molecule has 2 unspecified atom stereocenters. The van der Waals surface area contributed by atoms with E-state index >= 15 is 0 Å². The fourth-order valence-corrected chi connectivity index (χ4v) is 6.58. The second kappa shape index (κ2) is 11.0. The molecule has 1 saturated heterocycles. The SMILES string of the molecule is CCC1[Se]C[C@@H](C)C(OCc2ccc(OC)cc2)[C@@H]1OCc1ccc(OC)cc1. The molecule has 4 atom stereocenters. The zero-order valence-electron chi connectivity index (χ0n) is 17.8. The summed E-state index contributed by atoms with van der Waals surface area (Å²) in [4.78, 5) is 0.595. The Labute approximate surface area is 181 Å². The molecule has 3 rings (SSSR count). The van der Waals surface area contributed by atoms with Gasteiger partial charge < -0.3 is 0 Å². The van der Waals surface area contributed by atoms with Gasteiger partial charge in [-0.3, -0.25) is 0 Å². The van der Waals surface area contributed by atoms with E-state index in [1.54, 1.807) is 14.2 Å². The van der Waals surface area contributed by atoms with Gasteiger partial charge in [-0.05, 0) is 0 Å². The van der Waals surface area contributed by atoms with Crippen LogP contribution in [0.5, 0.6) is 11.5 Å². The van der Waals surface area contributed by atoms with E-state index in [-0.39, 0.29) is 12.2 Å². The molecule has 0 spiro atoms. The quantitative estimate of drug-likeness (QED) is 0.483. The predicted molar refractivity (Wildman–Crippen MR) is 117 cm³/mol. The Morgan fingerprint density at radius 1 is 0.793 bits per heavy atom. The van der Waals surface area contributed by atoms with Crippen LogP contribution in [0.2, 0.25) is 10.1 Å². The number of rotatable bonds is 9. The fourth-order valence-electron chi connectivity index (χ4n) is 3.64. The Morgan fingerprint density at radius 3 is 1.72 bits per heavy atom. The molecule has 1 fully saturated rings. The van der Waals surface area contributed by atoms with Crippen molar-refractivity contribution in [1.82, 2.24) is 0 Å². The van der Waals surface area contributed by atoms with Gasteiger partial charge in [-0.25, -0.2) is 0 Å². The summed E-state index contributed by atoms with van der Waals surface area (Å²) in [6.07, 6.45) is 1.41. The molecule has 158 valence electrons. The van der Waals surface area contributed by atoms with Crippen molar-refractivity contribution in [2.45, 2.75) is 55.8 Å². The summed E-state index contributed by atoms with van der Waals surface area (Å²) in [5.41, 5.74) is 2.33. The van der Waals surface area contributed by atoms with Crippen molar-refractivity contribution < 1.29 is 18.9 Å². The summed E-state index contributed by atoms with van der Waals surface area (Å²) in [5.74, 6) is 2.25. The first-order chi connectivity index (χ1) is 14.1. The van der Waals surface area contributed by atoms with Gasteiger partial charge in [0.25, 0.3) is 0 Å². The molecule has 2 aromatic rings. The Morgan fingerprint density at radius 2 is 1.28 bits per heavy atom. The van der Waals surface area contributed by atoms with Gasteiger partial charge in [0.1, 0.15) is 0 Å². The van der Waals surface area contributed by atoms with Crippen LogP contribution in [0.1, 0.15) is 31.4 Å². The van der Waals surface area contributed by atoms with E-state index in [2.05, 4.69) is 38.1 Å². The molecular formula is C24H32O4Se. The van der Waals surface area contributed by atoms with E-state index in [9.17, 15) is 0 Å². The van der Waals surface area contributed by atoms with Crippen molar-refractivity contribution in [2.24, 2.45) is 5.92 Å². The number of hydrogen-bond donors (Lipinski definition) is 0. The van der Waals surface area contributed by atoms with E-state index in [4.69, 9.17) is 18.9 Å². The molecule has 0 aromatic heterocycles. The van der Waals surface area contributed by atoms with Crippen molar-refractivity contribution in [1.29, 1.82) is 0 Å². The van der Waals surface area contributed by atoms with Crippen molar-refractivity contribution in [2.75, 3.05) is 14.2 Å². The second-order valence-electron chi connectivity index (χ2n) is 7.50. The maximum atomic E-state index is 6.48. The van der Waals surface area contributed by atoms with Crippen LogP contribution in [0.15, 0.2) is 48.5 Å². The Bertz CT molecular complexity index is 732. The molecule has 0 radical (unpaired) electrons. The Balaban J connectivity index is 1.65. The molecule has 2 aromatic carbocycles. The first-order valence-electron chi connectivity index (χ1n) is 10.2. The van der Waals surface area contributed by atoms with Crippen molar-refractivity contribution in [3.05, 3.63) is 59.7 Å². The zero-order valence-corrected chi connectivity index (χ0v) is 19.5. The molecular weight excluding hydrogens is 431 g/mol. The van der Waals surface area contributed by atoms with E-state index in [1.165, 1.54) is 10.9 Å². The number of ether oxygens (including phenoxy) is 4. The summed E-state index contributed by atoms with van der Waals surface area (Å²) < 4.78 is 23.4. The van der Waals surface area contributed by atoms with Gasteiger partial charge in [0, 0.05) is 0 Å². The summed E-state index contributed by atoms with van der Waals surface area (Å²) >= 11 is 0.596. The van der Waals surface area contributed by atoms with Crippen molar-refractivity contribution >= 4 is 15.0 Å². The first kappa shape index (κ1) is 22.2. The van der Waals surface area contributed by atoms with E-state index < -0.39 is 0 Å². The summed E-state index contributed by atoms with van der Waals surface area (Å²) in [6.45, 7) is 5.78. The second-order valence-corrected chi connectivity index (χ2v) is 10.2. The summed E-state index contributed by atoms with van der Waals surface area (Å²) in [6, 6.07) is 16.2. The number of hydrogen-bond acceptors (Lipinski definition) is 4. The summed E-state index contributed by atoms with van der Waals surface area (Å²) in [5, 5.41) is 1.25. The molecule has 4 nitrogen and oxygen atoms in total. The molecule has 29 heavy (non-hydrogen) atoms. The molecule has 0 aliphatic carbocycles. The van der Waals surface area contributed by atoms with Crippen LogP contribution >= 0.6 is 0 Å². The minimum absolute atomic E-state index is 0.121. The molecule has 0 saturated carbocycles. The molecule has 1 aliphatic rings. The third-order valence-corrected chi connectivity index (χ3v) is 9.10. The Kier molecular flexibility index (Phi) is 8.43. The van der Waals surface area contributed by atoms with Gasteiger partial charge in [-0.2, -0.15) is 0 Å². The molecule has 1 heterocycles. The average Bonchev–Trinajstić information content (AvgIpc) is 2.77. The van der Waals surface area contributed by atoms with Crippen LogP contribution in [-0.2, 0) is 22.7 Å². The third kappa shape index (κ3) is 5.99. The number of benzene rings is 2. The van der Waals surface area contributed by atoms with Gasteiger partial charge in [0.15, 0.2) is 0 Å². The minimum atomic E-state index is 0.121. The molecule has 0 bridgehead atoms. The van der Waals surface area contributed by atoms with Crippen LogP contribution < -0.4 is 9.47 Å². The molecule has 5 heteroatoms. The van der Waals surface area contributed by atoms with E-state index in [0.29, 0.717) is 38.9 Å². The van der Waals surface area contributed by atoms with Gasteiger partial charge >= 0.3 is 181 Å². The summed E-state index contributed by atoms with van der Waals surface area (Å²) in [7, 11) is 3.38. The average molecular weight is 463 g/mol. The van der Waals surface area contributed by atoms with Gasteiger partial charge in [0.05, 0.1) is 0 Å². The van der Waals surface area contributed by atoms with Crippen LogP contribution in [0, 0.1) is 5.92 Å². The third-order valence-electron chi connectivity index (χ3n) is 5.43. The maximum absolute atomic E-state index is 6.48. The van der Waals surface area contributed by atoms with Gasteiger partial charge in [-0.15, -0.1) is 0 Å². The van der Waals surface area contributed by atoms with E-state index in [0.717, 1.165) is 23.5 Å². The van der Waals surface area contributed by atoms with Crippen LogP contribution in [0.3, 0.4) is 0 Å². The van der Waals surface area contributed by atoms with Gasteiger partial charge in [-0.1, -0.05) is 0 Å². The molecule has 0 amide bonds. The standard InChI is InChI=1S/C24H32O4Se/c1-5-22-24(28-15-19-8-12-21(26-4)13-9-19)23(17(2)16-29-22)27-14-18-6-10-20(25-3)11-7-18/h6-13,17,22-24H,5,14-16H2,1-4H3/t17-,22?,23?,24-/m1/s1. The fraction of sp³-hybridized carbons (Fsp3) is 0.500. The topological polar surface area (TPSA) is 36.9 Å². The molecule has 1 aliphatic heterocycles. The van der Waals surface area contributed by atoms with Gasteiger partial charge in [0.2, 0.25) is 0 Å². The van der Waals surface area contributed by atoms with Crippen molar-refractivity contribution in [3.63, 3.8) is 0 Å².